The molecule has 3 aromatic carbocycles. The summed E-state index contributed by atoms with van der Waals surface area (Å²) in [6.45, 7) is 0.363. The first-order valence-electron chi connectivity index (χ1n) is 9.62. The van der Waals surface area contributed by atoms with Gasteiger partial charge in [0.1, 0.15) is 0 Å². The van der Waals surface area contributed by atoms with Crippen LogP contribution in [0.25, 0.3) is 0 Å². The van der Waals surface area contributed by atoms with Crippen molar-refractivity contribution in [3.63, 3.8) is 0 Å². The lowest BCUT2D eigenvalue weighted by Gasteiger charge is -2.25. The Bertz CT molecular complexity index is 1200. The van der Waals surface area contributed by atoms with Crippen molar-refractivity contribution in [3.05, 3.63) is 82.3 Å². The molecule has 11 heteroatoms. The quantitative estimate of drug-likeness (QED) is 0.334. The van der Waals surface area contributed by atoms with Crippen LogP contribution in [0.4, 0.5) is 24.5 Å². The summed E-state index contributed by atoms with van der Waals surface area (Å²) in [5, 5.41) is 14.8. The maximum absolute atomic E-state index is 12.8. The van der Waals surface area contributed by atoms with E-state index in [2.05, 4.69) is 5.32 Å². The van der Waals surface area contributed by atoms with Crippen LogP contribution in [0.2, 0.25) is 10.0 Å². The molecule has 0 radical (unpaired) electrons. The summed E-state index contributed by atoms with van der Waals surface area (Å²) in [7, 11) is 0. The fourth-order valence-electron chi connectivity index (χ4n) is 2.58. The van der Waals surface area contributed by atoms with Gasteiger partial charge in [0.25, 0.3) is 11.8 Å². The topological polar surface area (TPSA) is 78.4 Å². The molecule has 0 aromatic heterocycles. The molecule has 3 rings (SSSR count). The van der Waals surface area contributed by atoms with E-state index in [1.165, 1.54) is 23.9 Å². The van der Waals surface area contributed by atoms with E-state index >= 15 is 0 Å². The SMILES string of the molecule is C[C@@](O)(C(=O)Nc1ccc(Sc2ccc(NC(=O)c3ccc(Cl)cc3)cc2)cc1Cl)C(F)(F)F. The molecule has 5 nitrogen and oxygen atoms in total. The van der Waals surface area contributed by atoms with Gasteiger partial charge in [0.15, 0.2) is 0 Å². The monoisotopic (exact) mass is 528 g/mol. The average Bonchev–Trinajstić information content (AvgIpc) is 2.76. The number of amides is 2. The lowest BCUT2D eigenvalue weighted by Crippen LogP contribution is -2.52. The van der Waals surface area contributed by atoms with Gasteiger partial charge in [-0.3, -0.25) is 9.59 Å². The number of carbonyl (C=O) groups is 2. The van der Waals surface area contributed by atoms with Crippen molar-refractivity contribution in [1.82, 2.24) is 0 Å². The molecule has 34 heavy (non-hydrogen) atoms. The lowest BCUT2D eigenvalue weighted by atomic mass is 10.1. The number of rotatable bonds is 6. The van der Waals surface area contributed by atoms with E-state index in [1.54, 1.807) is 54.6 Å². The van der Waals surface area contributed by atoms with Gasteiger partial charge in [-0.2, -0.15) is 13.2 Å². The highest BCUT2D eigenvalue weighted by Crippen LogP contribution is 2.35. The van der Waals surface area contributed by atoms with Crippen LogP contribution in [0.15, 0.2) is 76.5 Å². The number of aliphatic hydroxyl groups is 1. The second-order valence-corrected chi connectivity index (χ2v) is 9.24. The molecule has 0 aliphatic rings. The maximum atomic E-state index is 12.8. The zero-order valence-corrected chi connectivity index (χ0v) is 19.7. The molecule has 0 saturated heterocycles. The second kappa shape index (κ2) is 10.3. The number of nitrogens with one attached hydrogen (secondary N) is 2. The third kappa shape index (κ3) is 6.24. The molecule has 1 atom stereocenters. The molecule has 3 N–H and O–H groups in total. The molecular weight excluding hydrogens is 512 g/mol. The van der Waals surface area contributed by atoms with Crippen LogP contribution in [0.5, 0.6) is 0 Å². The van der Waals surface area contributed by atoms with E-state index in [0.29, 0.717) is 28.1 Å². The molecule has 0 bridgehead atoms. The summed E-state index contributed by atoms with van der Waals surface area (Å²) in [5.74, 6) is -1.93. The van der Waals surface area contributed by atoms with Crippen molar-refractivity contribution in [1.29, 1.82) is 0 Å². The Balaban J connectivity index is 1.63. The zero-order chi connectivity index (χ0) is 25.1. The van der Waals surface area contributed by atoms with Gasteiger partial charge >= 0.3 is 6.18 Å². The average molecular weight is 529 g/mol. The van der Waals surface area contributed by atoms with E-state index in [-0.39, 0.29) is 16.6 Å². The van der Waals surface area contributed by atoms with Gasteiger partial charge in [0.2, 0.25) is 5.60 Å². The van der Waals surface area contributed by atoms with Crippen LogP contribution < -0.4 is 10.6 Å². The number of anilines is 2. The van der Waals surface area contributed by atoms with Crippen LogP contribution in [-0.4, -0.2) is 28.7 Å². The molecule has 3 aromatic rings. The highest BCUT2D eigenvalue weighted by molar-refractivity contribution is 7.99. The Kier molecular flexibility index (Phi) is 7.82. The molecule has 0 saturated carbocycles. The lowest BCUT2D eigenvalue weighted by molar-refractivity contribution is -0.242. The van der Waals surface area contributed by atoms with Gasteiger partial charge in [-0.1, -0.05) is 35.0 Å². The fraction of sp³-hybridized carbons (Fsp3) is 0.130. The van der Waals surface area contributed by atoms with E-state index < -0.39 is 17.7 Å². The molecule has 0 aliphatic carbocycles. The van der Waals surface area contributed by atoms with Crippen LogP contribution in [0.3, 0.4) is 0 Å². The molecule has 0 aliphatic heterocycles. The number of benzene rings is 3. The molecule has 0 spiro atoms. The number of carbonyl (C=O) groups excluding carboxylic acids is 2. The Morgan fingerprint density at radius 1 is 0.882 bits per heavy atom. The smallest absolute Gasteiger partial charge is 0.373 e. The Hall–Kier alpha value is -2.72. The molecule has 178 valence electrons. The van der Waals surface area contributed by atoms with Gasteiger partial charge in [-0.15, -0.1) is 0 Å². The molecule has 0 unspecified atom stereocenters. The summed E-state index contributed by atoms with van der Waals surface area (Å²) in [5.41, 5.74) is -2.59. The Labute approximate surface area is 207 Å². The van der Waals surface area contributed by atoms with E-state index in [0.717, 1.165) is 4.90 Å². The largest absolute Gasteiger partial charge is 0.426 e. The van der Waals surface area contributed by atoms with Crippen LogP contribution in [0, 0.1) is 0 Å². The maximum Gasteiger partial charge on any atom is 0.426 e. The highest BCUT2D eigenvalue weighted by Gasteiger charge is 2.55. The van der Waals surface area contributed by atoms with Gasteiger partial charge in [0.05, 0.1) is 10.7 Å². The standard InChI is InChI=1S/C23H17Cl2F3N2O3S/c1-22(33,23(26,27)28)21(32)30-19-11-10-17(12-18(19)25)34-16-8-6-15(7-9-16)29-20(31)13-2-4-14(24)5-3-13/h2-12,33H,1H3,(H,29,31)(H,30,32)/t22-/m1/s1. The van der Waals surface area contributed by atoms with E-state index in [4.69, 9.17) is 23.2 Å². The van der Waals surface area contributed by atoms with Crippen LogP contribution in [0.1, 0.15) is 17.3 Å². The first kappa shape index (κ1) is 25.9. The van der Waals surface area contributed by atoms with Crippen molar-refractivity contribution < 1.29 is 27.9 Å². The second-order valence-electron chi connectivity index (χ2n) is 7.25. The summed E-state index contributed by atoms with van der Waals surface area (Å²) in [6, 6.07) is 17.8. The van der Waals surface area contributed by atoms with Crippen molar-refractivity contribution >= 4 is 58.2 Å². The predicted octanol–water partition coefficient (Wildman–Crippen LogP) is 6.65. The first-order valence-corrected chi connectivity index (χ1v) is 11.2. The van der Waals surface area contributed by atoms with Gasteiger partial charge in [0, 0.05) is 26.1 Å². The third-order valence-electron chi connectivity index (χ3n) is 4.64. The minimum atomic E-state index is -5.14. The number of halogens is 5. The Morgan fingerprint density at radius 2 is 1.47 bits per heavy atom. The fourth-order valence-corrected chi connectivity index (χ4v) is 3.86. The number of hydrogen-bond donors (Lipinski definition) is 3. The molecule has 0 fully saturated rings. The summed E-state index contributed by atoms with van der Waals surface area (Å²) in [6.07, 6.45) is -5.14. The van der Waals surface area contributed by atoms with E-state index in [9.17, 15) is 27.9 Å². The summed E-state index contributed by atoms with van der Waals surface area (Å²) >= 11 is 13.2. The van der Waals surface area contributed by atoms with Crippen molar-refractivity contribution in [2.45, 2.75) is 28.5 Å². The van der Waals surface area contributed by atoms with Gasteiger partial charge in [-0.05, 0) is 73.7 Å². The normalized spacial score (nSPS) is 13.1. The predicted molar refractivity (Wildman–Crippen MR) is 127 cm³/mol. The summed E-state index contributed by atoms with van der Waals surface area (Å²) < 4.78 is 38.5. The third-order valence-corrected chi connectivity index (χ3v) is 6.20. The van der Waals surface area contributed by atoms with Crippen LogP contribution in [-0.2, 0) is 4.79 Å². The molecular formula is C23H17Cl2F3N2O3S. The highest BCUT2D eigenvalue weighted by atomic mass is 35.5. The van der Waals surface area contributed by atoms with Gasteiger partial charge < -0.3 is 15.7 Å². The van der Waals surface area contributed by atoms with Crippen molar-refractivity contribution in [2.75, 3.05) is 10.6 Å². The molecule has 2 amide bonds. The van der Waals surface area contributed by atoms with E-state index in [1.807, 2.05) is 5.32 Å². The van der Waals surface area contributed by atoms with Crippen molar-refractivity contribution in [2.24, 2.45) is 0 Å². The number of alkyl halides is 3. The minimum Gasteiger partial charge on any atom is -0.373 e. The van der Waals surface area contributed by atoms with Crippen LogP contribution >= 0.6 is 35.0 Å². The first-order chi connectivity index (χ1) is 15.9. The molecule has 0 heterocycles. The number of hydrogen-bond acceptors (Lipinski definition) is 4. The Morgan fingerprint density at radius 3 is 2.03 bits per heavy atom. The zero-order valence-electron chi connectivity index (χ0n) is 17.4. The minimum absolute atomic E-state index is 0.00294. The summed E-state index contributed by atoms with van der Waals surface area (Å²) in [4.78, 5) is 25.6. The van der Waals surface area contributed by atoms with Crippen molar-refractivity contribution in [3.8, 4) is 0 Å². The van der Waals surface area contributed by atoms with Gasteiger partial charge in [-0.25, -0.2) is 0 Å².